The van der Waals surface area contributed by atoms with Crippen LogP contribution in [0, 0.1) is 0 Å². The number of hydrogen-bond acceptors (Lipinski definition) is 4. The van der Waals surface area contributed by atoms with E-state index in [4.69, 9.17) is 9.47 Å². The van der Waals surface area contributed by atoms with Crippen LogP contribution in [0.15, 0.2) is 0 Å². The van der Waals surface area contributed by atoms with Crippen LogP contribution >= 0.6 is 0 Å². The Labute approximate surface area is 59.5 Å². The Balaban J connectivity index is 2.17. The number of ether oxygens (including phenoxy) is 2. The summed E-state index contributed by atoms with van der Waals surface area (Å²) in [6.07, 6.45) is 0.0345. The molecule has 1 heterocycles. The van der Waals surface area contributed by atoms with Crippen molar-refractivity contribution in [2.45, 2.75) is 19.6 Å². The van der Waals surface area contributed by atoms with Gasteiger partial charge in [0.2, 0.25) is 6.29 Å². The SMILES string of the molecule is CCC(=O)OC1CNCO1. The van der Waals surface area contributed by atoms with E-state index in [2.05, 4.69) is 5.32 Å². The van der Waals surface area contributed by atoms with Gasteiger partial charge in [0.15, 0.2) is 0 Å². The third-order valence-corrected chi connectivity index (χ3v) is 1.23. The lowest BCUT2D eigenvalue weighted by Crippen LogP contribution is -2.21. The number of carbonyl (C=O) groups excluding carboxylic acids is 1. The Morgan fingerprint density at radius 2 is 2.70 bits per heavy atom. The van der Waals surface area contributed by atoms with Crippen LogP contribution in [0.5, 0.6) is 0 Å². The molecule has 1 unspecified atom stereocenters. The molecule has 4 nitrogen and oxygen atoms in total. The van der Waals surface area contributed by atoms with Crippen LogP contribution < -0.4 is 5.32 Å². The zero-order valence-corrected chi connectivity index (χ0v) is 5.92. The van der Waals surface area contributed by atoms with Gasteiger partial charge in [-0.05, 0) is 0 Å². The molecule has 0 radical (unpaired) electrons. The second-order valence-corrected chi connectivity index (χ2v) is 2.04. The molecule has 58 valence electrons. The van der Waals surface area contributed by atoms with E-state index in [-0.39, 0.29) is 12.3 Å². The van der Waals surface area contributed by atoms with Crippen molar-refractivity contribution in [3.63, 3.8) is 0 Å². The Bertz CT molecular complexity index is 120. The Morgan fingerprint density at radius 3 is 3.20 bits per heavy atom. The molecule has 1 rings (SSSR count). The highest BCUT2D eigenvalue weighted by molar-refractivity contribution is 5.68. The summed E-state index contributed by atoms with van der Waals surface area (Å²) in [6.45, 7) is 2.83. The van der Waals surface area contributed by atoms with Crippen molar-refractivity contribution in [1.82, 2.24) is 5.32 Å². The standard InChI is InChI=1S/C6H11NO3/c1-2-5(8)10-6-3-7-4-9-6/h6-7H,2-4H2,1H3. The summed E-state index contributed by atoms with van der Waals surface area (Å²) in [4.78, 5) is 10.6. The number of hydrogen-bond donors (Lipinski definition) is 1. The molecule has 4 heteroatoms. The van der Waals surface area contributed by atoms with Gasteiger partial charge >= 0.3 is 5.97 Å². The Kier molecular flexibility index (Phi) is 2.65. The second kappa shape index (κ2) is 3.53. The average molecular weight is 145 g/mol. The molecule has 1 saturated heterocycles. The Morgan fingerprint density at radius 1 is 1.90 bits per heavy atom. The van der Waals surface area contributed by atoms with E-state index < -0.39 is 0 Å². The first-order valence-corrected chi connectivity index (χ1v) is 3.34. The minimum Gasteiger partial charge on any atom is -0.434 e. The van der Waals surface area contributed by atoms with Crippen molar-refractivity contribution >= 4 is 5.97 Å². The molecule has 0 amide bonds. The molecule has 1 aliphatic rings. The minimum absolute atomic E-state index is 0.214. The van der Waals surface area contributed by atoms with Crippen LogP contribution in [-0.4, -0.2) is 25.5 Å². The van der Waals surface area contributed by atoms with Crippen molar-refractivity contribution in [3.05, 3.63) is 0 Å². The summed E-state index contributed by atoms with van der Waals surface area (Å²) in [7, 11) is 0. The van der Waals surface area contributed by atoms with Gasteiger partial charge in [-0.3, -0.25) is 10.1 Å². The fourth-order valence-electron chi connectivity index (χ4n) is 0.693. The van der Waals surface area contributed by atoms with Crippen molar-refractivity contribution in [3.8, 4) is 0 Å². The van der Waals surface area contributed by atoms with E-state index in [1.807, 2.05) is 0 Å². The van der Waals surface area contributed by atoms with E-state index in [0.29, 0.717) is 19.7 Å². The van der Waals surface area contributed by atoms with Gasteiger partial charge in [0.1, 0.15) is 6.73 Å². The zero-order chi connectivity index (χ0) is 7.40. The van der Waals surface area contributed by atoms with E-state index in [1.165, 1.54) is 0 Å². The second-order valence-electron chi connectivity index (χ2n) is 2.04. The van der Waals surface area contributed by atoms with E-state index >= 15 is 0 Å². The van der Waals surface area contributed by atoms with Gasteiger partial charge < -0.3 is 9.47 Å². The monoisotopic (exact) mass is 145 g/mol. The Hall–Kier alpha value is -0.610. The summed E-state index contributed by atoms with van der Waals surface area (Å²) in [5.74, 6) is -0.214. The van der Waals surface area contributed by atoms with Crippen molar-refractivity contribution in [1.29, 1.82) is 0 Å². The van der Waals surface area contributed by atoms with E-state index in [9.17, 15) is 4.79 Å². The van der Waals surface area contributed by atoms with Gasteiger partial charge in [-0.15, -0.1) is 0 Å². The van der Waals surface area contributed by atoms with Crippen LogP contribution in [0.4, 0.5) is 0 Å². The van der Waals surface area contributed by atoms with Crippen molar-refractivity contribution in [2.75, 3.05) is 13.3 Å². The summed E-state index contributed by atoms with van der Waals surface area (Å²) >= 11 is 0. The molecular weight excluding hydrogens is 134 g/mol. The first-order valence-electron chi connectivity index (χ1n) is 3.34. The third-order valence-electron chi connectivity index (χ3n) is 1.23. The predicted octanol–water partition coefficient (Wildman–Crippen LogP) is -0.157. The first kappa shape index (κ1) is 7.50. The largest absolute Gasteiger partial charge is 0.434 e. The van der Waals surface area contributed by atoms with Gasteiger partial charge in [0, 0.05) is 6.42 Å². The molecule has 0 saturated carbocycles. The average Bonchev–Trinajstić information content (AvgIpc) is 2.40. The van der Waals surface area contributed by atoms with Crippen LogP contribution in [0.3, 0.4) is 0 Å². The van der Waals surface area contributed by atoms with Crippen LogP contribution in [-0.2, 0) is 14.3 Å². The first-order chi connectivity index (χ1) is 4.83. The normalized spacial score (nSPS) is 24.7. The van der Waals surface area contributed by atoms with Crippen LogP contribution in [0.1, 0.15) is 13.3 Å². The maximum atomic E-state index is 10.6. The maximum absolute atomic E-state index is 10.6. The molecule has 0 aromatic heterocycles. The molecule has 0 aromatic carbocycles. The highest BCUT2D eigenvalue weighted by Gasteiger charge is 2.17. The fraction of sp³-hybridized carbons (Fsp3) is 0.833. The highest BCUT2D eigenvalue weighted by Crippen LogP contribution is 2.00. The van der Waals surface area contributed by atoms with Crippen molar-refractivity contribution in [2.24, 2.45) is 0 Å². The van der Waals surface area contributed by atoms with Crippen LogP contribution in [0.25, 0.3) is 0 Å². The maximum Gasteiger partial charge on any atom is 0.307 e. The van der Waals surface area contributed by atoms with Gasteiger partial charge in [-0.1, -0.05) is 6.92 Å². The quantitative estimate of drug-likeness (QED) is 0.548. The molecule has 1 atom stereocenters. The zero-order valence-electron chi connectivity index (χ0n) is 5.92. The van der Waals surface area contributed by atoms with Gasteiger partial charge in [-0.25, -0.2) is 0 Å². The summed E-state index contributed by atoms with van der Waals surface area (Å²) in [5, 5.41) is 2.90. The summed E-state index contributed by atoms with van der Waals surface area (Å²) < 4.78 is 9.81. The topological polar surface area (TPSA) is 47.6 Å². The minimum atomic E-state index is -0.368. The third kappa shape index (κ3) is 1.97. The number of rotatable bonds is 2. The molecule has 0 aromatic rings. The molecular formula is C6H11NO3. The fourth-order valence-corrected chi connectivity index (χ4v) is 0.693. The lowest BCUT2D eigenvalue weighted by Gasteiger charge is -2.07. The number of carbonyl (C=O) groups is 1. The summed E-state index contributed by atoms with van der Waals surface area (Å²) in [5.41, 5.74) is 0. The number of esters is 1. The van der Waals surface area contributed by atoms with E-state index in [0.717, 1.165) is 0 Å². The molecule has 1 aliphatic heterocycles. The van der Waals surface area contributed by atoms with Crippen LogP contribution in [0.2, 0.25) is 0 Å². The van der Waals surface area contributed by atoms with Gasteiger partial charge in [0.25, 0.3) is 0 Å². The molecule has 0 bridgehead atoms. The lowest BCUT2D eigenvalue weighted by atomic mass is 10.5. The van der Waals surface area contributed by atoms with Gasteiger partial charge in [0.05, 0.1) is 6.54 Å². The summed E-state index contributed by atoms with van der Waals surface area (Å²) in [6, 6.07) is 0. The van der Waals surface area contributed by atoms with E-state index in [1.54, 1.807) is 6.92 Å². The number of nitrogens with one attached hydrogen (secondary N) is 1. The molecule has 1 fully saturated rings. The predicted molar refractivity (Wildman–Crippen MR) is 34.1 cm³/mol. The molecule has 0 spiro atoms. The lowest BCUT2D eigenvalue weighted by molar-refractivity contribution is -0.167. The highest BCUT2D eigenvalue weighted by atomic mass is 16.7. The van der Waals surface area contributed by atoms with Crippen molar-refractivity contribution < 1.29 is 14.3 Å². The smallest absolute Gasteiger partial charge is 0.307 e. The molecule has 0 aliphatic carbocycles. The molecule has 1 N–H and O–H groups in total. The van der Waals surface area contributed by atoms with Gasteiger partial charge in [-0.2, -0.15) is 0 Å². The molecule has 10 heavy (non-hydrogen) atoms.